The summed E-state index contributed by atoms with van der Waals surface area (Å²) in [7, 11) is 1.52. The van der Waals surface area contributed by atoms with Gasteiger partial charge in [-0.25, -0.2) is 8.78 Å². The number of carbonyl (C=O) groups excluding carboxylic acids is 1. The highest BCUT2D eigenvalue weighted by Gasteiger charge is 2.44. The fourth-order valence-electron chi connectivity index (χ4n) is 4.60. The smallest absolute Gasteiger partial charge is 0.277 e. The molecule has 2 aromatic carbocycles. The maximum Gasteiger partial charge on any atom is 0.277 e. The van der Waals surface area contributed by atoms with Gasteiger partial charge in [-0.2, -0.15) is 5.26 Å². The summed E-state index contributed by atoms with van der Waals surface area (Å²) in [6, 6.07) is 10.9. The van der Waals surface area contributed by atoms with E-state index in [4.69, 9.17) is 4.74 Å². The summed E-state index contributed by atoms with van der Waals surface area (Å²) in [6.07, 6.45) is 0.942. The zero-order chi connectivity index (χ0) is 24.1. The molecule has 8 nitrogen and oxygen atoms in total. The number of pyridine rings is 1. The number of nitriles is 1. The maximum absolute atomic E-state index is 14.5. The quantitative estimate of drug-likeness (QED) is 0.595. The van der Waals surface area contributed by atoms with E-state index in [1.54, 1.807) is 29.3 Å². The van der Waals surface area contributed by atoms with Crippen LogP contribution in [0.2, 0.25) is 0 Å². The lowest BCUT2D eigenvalue weighted by molar-refractivity contribution is 0.0573. The van der Waals surface area contributed by atoms with Crippen LogP contribution in [0.15, 0.2) is 53.5 Å². The van der Waals surface area contributed by atoms with Crippen molar-refractivity contribution < 1.29 is 23.4 Å². The third kappa shape index (κ3) is 3.08. The van der Waals surface area contributed by atoms with E-state index in [2.05, 4.69) is 6.07 Å². The summed E-state index contributed by atoms with van der Waals surface area (Å²) < 4.78 is 35.8. The van der Waals surface area contributed by atoms with Crippen molar-refractivity contribution in [2.75, 3.05) is 18.7 Å². The Morgan fingerprint density at radius 1 is 1.12 bits per heavy atom. The third-order valence-electron chi connectivity index (χ3n) is 6.20. The molecule has 2 aliphatic heterocycles. The first-order chi connectivity index (χ1) is 16.3. The highest BCUT2D eigenvalue weighted by atomic mass is 19.2. The number of amides is 1. The van der Waals surface area contributed by atoms with Gasteiger partial charge in [0.05, 0.1) is 18.2 Å². The summed E-state index contributed by atoms with van der Waals surface area (Å²) in [5.74, 6) is -3.43. The molecule has 1 amide bonds. The molecule has 0 saturated carbocycles. The van der Waals surface area contributed by atoms with Crippen molar-refractivity contribution >= 4 is 5.91 Å². The Morgan fingerprint density at radius 2 is 1.85 bits per heavy atom. The number of fused-ring (bicyclic) bond motifs is 4. The molecule has 10 heteroatoms. The second-order valence-corrected chi connectivity index (χ2v) is 8.04. The zero-order valence-electron chi connectivity index (χ0n) is 17.9. The number of halogens is 2. The van der Waals surface area contributed by atoms with Crippen LogP contribution >= 0.6 is 0 Å². The van der Waals surface area contributed by atoms with E-state index < -0.39 is 40.9 Å². The summed E-state index contributed by atoms with van der Waals surface area (Å²) in [5, 5.41) is 22.0. The topological polar surface area (TPSA) is 98.8 Å². The summed E-state index contributed by atoms with van der Waals surface area (Å²) >= 11 is 0. The van der Waals surface area contributed by atoms with E-state index in [0.29, 0.717) is 5.56 Å². The predicted molar refractivity (Wildman–Crippen MR) is 116 cm³/mol. The molecule has 1 N–H and O–H groups in total. The summed E-state index contributed by atoms with van der Waals surface area (Å²) in [6.45, 7) is 0.0744. The molecule has 2 unspecified atom stereocenters. The van der Waals surface area contributed by atoms with Gasteiger partial charge in [0.15, 0.2) is 23.1 Å². The Labute approximate surface area is 192 Å². The normalized spacial score (nSPS) is 19.2. The Bertz CT molecular complexity index is 1430. The number of nitrogens with zero attached hydrogens (tertiary/aromatic N) is 4. The highest BCUT2D eigenvalue weighted by Crippen LogP contribution is 2.42. The van der Waals surface area contributed by atoms with Crippen molar-refractivity contribution in [1.82, 2.24) is 9.58 Å². The van der Waals surface area contributed by atoms with Gasteiger partial charge in [-0.15, -0.1) is 0 Å². The van der Waals surface area contributed by atoms with Gasteiger partial charge in [0.1, 0.15) is 18.0 Å². The Kier molecular flexibility index (Phi) is 4.97. The Hall–Kier alpha value is -4.39. The van der Waals surface area contributed by atoms with Crippen molar-refractivity contribution in [2.24, 2.45) is 0 Å². The molecule has 0 fully saturated rings. The summed E-state index contributed by atoms with van der Waals surface area (Å²) in [5.41, 5.74) is -0.0626. The van der Waals surface area contributed by atoms with Gasteiger partial charge in [0, 0.05) is 37.4 Å². The van der Waals surface area contributed by atoms with E-state index in [9.17, 15) is 28.7 Å². The molecule has 0 bridgehead atoms. The molecule has 3 heterocycles. The van der Waals surface area contributed by atoms with Gasteiger partial charge in [-0.1, -0.05) is 18.2 Å². The fraction of sp³-hybridized carbons (Fsp3) is 0.208. The minimum atomic E-state index is -1.11. The predicted octanol–water partition coefficient (Wildman–Crippen LogP) is 2.63. The number of rotatable bonds is 1. The van der Waals surface area contributed by atoms with Crippen LogP contribution in [-0.2, 0) is 0 Å². The minimum Gasteiger partial charge on any atom is -0.502 e. The second-order valence-electron chi connectivity index (χ2n) is 8.04. The maximum atomic E-state index is 14.5. The van der Waals surface area contributed by atoms with E-state index in [0.717, 1.165) is 18.2 Å². The van der Waals surface area contributed by atoms with Crippen molar-refractivity contribution in [3.8, 4) is 17.6 Å². The molecule has 1 aromatic heterocycles. The number of hydrogen-bond acceptors (Lipinski definition) is 6. The number of aromatic nitrogens is 1. The number of benzene rings is 2. The molecule has 0 saturated heterocycles. The SMILES string of the molecule is CN1C(=O)c2c(O)c(=O)ccn2N2C(c3ccccc3C#N)c3cc(F)c(F)cc3OCCC12. The fourth-order valence-corrected chi connectivity index (χ4v) is 4.60. The average molecular weight is 464 g/mol. The van der Waals surface area contributed by atoms with E-state index in [-0.39, 0.29) is 35.6 Å². The van der Waals surface area contributed by atoms with Gasteiger partial charge >= 0.3 is 0 Å². The van der Waals surface area contributed by atoms with Crippen LogP contribution in [0, 0.1) is 23.0 Å². The lowest BCUT2D eigenvalue weighted by Crippen LogP contribution is -2.62. The Balaban J connectivity index is 1.89. The molecule has 2 atom stereocenters. The first kappa shape index (κ1) is 21.5. The molecule has 0 radical (unpaired) electrons. The molecule has 2 aliphatic rings. The molecule has 0 aliphatic carbocycles. The molecular formula is C24H18F2N4O4. The van der Waals surface area contributed by atoms with Gasteiger partial charge in [-0.05, 0) is 17.7 Å². The van der Waals surface area contributed by atoms with Gasteiger partial charge in [0.25, 0.3) is 5.91 Å². The molecule has 0 spiro atoms. The number of carbonyl (C=O) groups is 1. The van der Waals surface area contributed by atoms with Crippen molar-refractivity contribution in [2.45, 2.75) is 18.6 Å². The largest absolute Gasteiger partial charge is 0.502 e. The second kappa shape index (κ2) is 7.88. The first-order valence-corrected chi connectivity index (χ1v) is 10.4. The number of aromatic hydroxyl groups is 1. The zero-order valence-corrected chi connectivity index (χ0v) is 17.9. The van der Waals surface area contributed by atoms with Gasteiger partial charge < -0.3 is 14.7 Å². The van der Waals surface area contributed by atoms with E-state index in [1.165, 1.54) is 22.8 Å². The molecular weight excluding hydrogens is 446 g/mol. The lowest BCUT2D eigenvalue weighted by atomic mass is 9.92. The van der Waals surface area contributed by atoms with Crippen LogP contribution in [0.25, 0.3) is 0 Å². The standard InChI is InChI=1S/C24H18F2N4O4/c1-28-20-7-9-34-19-11-17(26)16(25)10-15(19)21(14-5-3-2-4-13(14)12-27)30(20)29-8-6-18(31)23(32)22(29)24(28)33/h2-6,8,10-11,20-21,32H,7,9H2,1H3. The number of ether oxygens (including phenoxy) is 1. The summed E-state index contributed by atoms with van der Waals surface area (Å²) in [4.78, 5) is 26.6. The van der Waals surface area contributed by atoms with E-state index in [1.807, 2.05) is 0 Å². The van der Waals surface area contributed by atoms with Crippen LogP contribution in [0.5, 0.6) is 11.5 Å². The van der Waals surface area contributed by atoms with Crippen LogP contribution < -0.4 is 15.2 Å². The first-order valence-electron chi connectivity index (χ1n) is 10.4. The highest BCUT2D eigenvalue weighted by molar-refractivity contribution is 5.96. The lowest BCUT2D eigenvalue weighted by Gasteiger charge is -2.50. The van der Waals surface area contributed by atoms with Gasteiger partial charge in [0.2, 0.25) is 5.43 Å². The van der Waals surface area contributed by atoms with Crippen LogP contribution in [0.3, 0.4) is 0 Å². The van der Waals surface area contributed by atoms with Crippen molar-refractivity contribution in [3.63, 3.8) is 0 Å². The van der Waals surface area contributed by atoms with Gasteiger partial charge in [-0.3, -0.25) is 19.3 Å². The number of hydrogen-bond donors (Lipinski definition) is 1. The van der Waals surface area contributed by atoms with Crippen LogP contribution in [-0.4, -0.2) is 40.4 Å². The molecule has 34 heavy (non-hydrogen) atoms. The van der Waals surface area contributed by atoms with E-state index >= 15 is 0 Å². The Morgan fingerprint density at radius 3 is 2.62 bits per heavy atom. The molecule has 5 rings (SSSR count). The monoisotopic (exact) mass is 464 g/mol. The molecule has 172 valence electrons. The van der Waals surface area contributed by atoms with Crippen LogP contribution in [0.1, 0.15) is 39.6 Å². The third-order valence-corrected chi connectivity index (χ3v) is 6.20. The van der Waals surface area contributed by atoms with Crippen molar-refractivity contribution in [1.29, 1.82) is 5.26 Å². The molecule has 3 aromatic rings. The van der Waals surface area contributed by atoms with Crippen LogP contribution in [0.4, 0.5) is 8.78 Å². The average Bonchev–Trinajstić information content (AvgIpc) is 2.82. The van der Waals surface area contributed by atoms with Crippen molar-refractivity contribution in [3.05, 3.63) is 92.9 Å². The minimum absolute atomic E-state index is 0.0744.